The molecule has 11 heteroatoms. The van der Waals surface area contributed by atoms with Crippen LogP contribution in [0, 0.1) is 17.0 Å². The first-order valence-electron chi connectivity index (χ1n) is 10.9. The maximum absolute atomic E-state index is 13.2. The number of rotatable bonds is 7. The third-order valence-corrected chi connectivity index (χ3v) is 6.41. The number of methoxy groups -OCH3 is 1. The minimum Gasteiger partial charge on any atom is -0.493 e. The SMILES string of the molecule is COc1cc(/C=C2\C(=O)NC(=O)N(c3ccc(Br)c(C)c3)C2=O)ccc1OCc1cccc([N+](=O)[O-])c1. The van der Waals surface area contributed by atoms with Crippen LogP contribution in [0.4, 0.5) is 16.2 Å². The molecular formula is C26H20BrN3O7. The summed E-state index contributed by atoms with van der Waals surface area (Å²) >= 11 is 3.38. The third-order valence-electron chi connectivity index (χ3n) is 5.52. The standard InChI is InChI=1S/C26H20BrN3O7/c1-15-10-18(7-8-21(15)27)29-25(32)20(24(31)28-26(29)33)12-16-6-9-22(23(13-16)36-2)37-14-17-4-3-5-19(11-17)30(34)35/h3-13H,14H2,1-2H3,(H,28,31,33)/b20-12+. The van der Waals surface area contributed by atoms with Crippen LogP contribution in [-0.2, 0) is 16.2 Å². The molecule has 0 aromatic heterocycles. The molecule has 1 heterocycles. The van der Waals surface area contributed by atoms with Crippen molar-refractivity contribution in [1.29, 1.82) is 0 Å². The van der Waals surface area contributed by atoms with Gasteiger partial charge in [0.1, 0.15) is 12.2 Å². The Morgan fingerprint density at radius 1 is 1.05 bits per heavy atom. The Morgan fingerprint density at radius 2 is 1.84 bits per heavy atom. The van der Waals surface area contributed by atoms with Crippen molar-refractivity contribution in [3.63, 3.8) is 0 Å². The van der Waals surface area contributed by atoms with E-state index in [0.29, 0.717) is 28.3 Å². The lowest BCUT2D eigenvalue weighted by molar-refractivity contribution is -0.384. The van der Waals surface area contributed by atoms with Crippen molar-refractivity contribution < 1.29 is 28.8 Å². The first-order chi connectivity index (χ1) is 17.7. The number of aryl methyl sites for hydroxylation is 1. The van der Waals surface area contributed by atoms with Gasteiger partial charge in [0.05, 0.1) is 17.7 Å². The molecule has 0 unspecified atom stereocenters. The van der Waals surface area contributed by atoms with Gasteiger partial charge in [0.2, 0.25) is 0 Å². The van der Waals surface area contributed by atoms with E-state index in [9.17, 15) is 24.5 Å². The summed E-state index contributed by atoms with van der Waals surface area (Å²) in [6, 6.07) is 15.0. The average Bonchev–Trinajstić information content (AvgIpc) is 2.87. The van der Waals surface area contributed by atoms with Crippen LogP contribution in [-0.4, -0.2) is 29.9 Å². The molecule has 3 aromatic rings. The molecule has 188 valence electrons. The minimum atomic E-state index is -0.837. The Hall–Kier alpha value is -4.51. The number of ether oxygens (including phenoxy) is 2. The lowest BCUT2D eigenvalue weighted by atomic mass is 10.1. The molecule has 1 aliphatic heterocycles. The van der Waals surface area contributed by atoms with Crippen LogP contribution >= 0.6 is 15.9 Å². The molecule has 0 aliphatic carbocycles. The number of anilines is 1. The molecule has 0 radical (unpaired) electrons. The summed E-state index contributed by atoms with van der Waals surface area (Å²) < 4.78 is 12.0. The highest BCUT2D eigenvalue weighted by atomic mass is 79.9. The number of non-ortho nitro benzene ring substituents is 1. The van der Waals surface area contributed by atoms with Crippen LogP contribution in [0.5, 0.6) is 11.5 Å². The Kier molecular flexibility index (Phi) is 7.35. The van der Waals surface area contributed by atoms with Crippen molar-refractivity contribution in [2.45, 2.75) is 13.5 Å². The Labute approximate surface area is 219 Å². The van der Waals surface area contributed by atoms with Crippen molar-refractivity contribution >= 4 is 51.2 Å². The van der Waals surface area contributed by atoms with E-state index in [4.69, 9.17) is 9.47 Å². The van der Waals surface area contributed by atoms with Crippen LogP contribution in [0.25, 0.3) is 6.08 Å². The summed E-state index contributed by atoms with van der Waals surface area (Å²) in [7, 11) is 1.43. The number of nitrogens with one attached hydrogen (secondary N) is 1. The average molecular weight is 566 g/mol. The van der Waals surface area contributed by atoms with Crippen LogP contribution in [0.15, 0.2) is 70.7 Å². The highest BCUT2D eigenvalue weighted by Crippen LogP contribution is 2.31. The largest absolute Gasteiger partial charge is 0.493 e. The molecule has 1 aliphatic rings. The number of imide groups is 2. The zero-order chi connectivity index (χ0) is 26.7. The quantitative estimate of drug-likeness (QED) is 0.186. The topological polar surface area (TPSA) is 128 Å². The summed E-state index contributed by atoms with van der Waals surface area (Å²) in [6.07, 6.45) is 1.36. The van der Waals surface area contributed by atoms with Gasteiger partial charge in [0.25, 0.3) is 17.5 Å². The van der Waals surface area contributed by atoms with Crippen LogP contribution in [0.2, 0.25) is 0 Å². The predicted molar refractivity (Wildman–Crippen MR) is 138 cm³/mol. The molecule has 1 N–H and O–H groups in total. The maximum atomic E-state index is 13.2. The second kappa shape index (κ2) is 10.6. The number of nitrogens with zero attached hydrogens (tertiary/aromatic N) is 2. The van der Waals surface area contributed by atoms with Crippen LogP contribution in [0.3, 0.4) is 0 Å². The first-order valence-corrected chi connectivity index (χ1v) is 11.7. The van der Waals surface area contributed by atoms with E-state index in [-0.39, 0.29) is 17.9 Å². The highest BCUT2D eigenvalue weighted by Gasteiger charge is 2.37. The van der Waals surface area contributed by atoms with Gasteiger partial charge in [-0.3, -0.25) is 25.0 Å². The van der Waals surface area contributed by atoms with Gasteiger partial charge in [-0.1, -0.05) is 34.1 Å². The van der Waals surface area contributed by atoms with Crippen LogP contribution < -0.4 is 19.7 Å². The number of nitro groups is 1. The highest BCUT2D eigenvalue weighted by molar-refractivity contribution is 9.10. The fraction of sp³-hybridized carbons (Fsp3) is 0.115. The second-order valence-electron chi connectivity index (χ2n) is 8.02. The second-order valence-corrected chi connectivity index (χ2v) is 8.87. The zero-order valence-corrected chi connectivity index (χ0v) is 21.3. The van der Waals surface area contributed by atoms with Gasteiger partial charge >= 0.3 is 6.03 Å². The predicted octanol–water partition coefficient (Wildman–Crippen LogP) is 4.92. The molecule has 4 amide bonds. The molecule has 0 saturated carbocycles. The van der Waals surface area contributed by atoms with Gasteiger partial charge in [0, 0.05) is 16.6 Å². The molecule has 0 atom stereocenters. The summed E-state index contributed by atoms with van der Waals surface area (Å²) in [6.45, 7) is 1.87. The van der Waals surface area contributed by atoms with Crippen molar-refractivity contribution in [2.24, 2.45) is 0 Å². The van der Waals surface area contributed by atoms with Gasteiger partial charge in [-0.05, 0) is 60.0 Å². The van der Waals surface area contributed by atoms with Crippen molar-refractivity contribution in [2.75, 3.05) is 12.0 Å². The Balaban J connectivity index is 1.58. The van der Waals surface area contributed by atoms with Gasteiger partial charge in [-0.15, -0.1) is 0 Å². The number of hydrogen-bond donors (Lipinski definition) is 1. The van der Waals surface area contributed by atoms with E-state index in [0.717, 1.165) is 14.9 Å². The monoisotopic (exact) mass is 565 g/mol. The van der Waals surface area contributed by atoms with Crippen molar-refractivity contribution in [3.8, 4) is 11.5 Å². The lowest BCUT2D eigenvalue weighted by Crippen LogP contribution is -2.54. The number of carbonyl (C=O) groups is 3. The molecule has 4 rings (SSSR count). The van der Waals surface area contributed by atoms with Gasteiger partial charge in [0.15, 0.2) is 11.5 Å². The maximum Gasteiger partial charge on any atom is 0.335 e. The van der Waals surface area contributed by atoms with Crippen molar-refractivity contribution in [3.05, 3.63) is 97.5 Å². The number of urea groups is 1. The molecular weight excluding hydrogens is 546 g/mol. The fourth-order valence-corrected chi connectivity index (χ4v) is 3.89. The smallest absolute Gasteiger partial charge is 0.335 e. The van der Waals surface area contributed by atoms with Gasteiger partial charge < -0.3 is 9.47 Å². The van der Waals surface area contributed by atoms with E-state index in [1.807, 2.05) is 6.92 Å². The number of benzene rings is 3. The number of carbonyl (C=O) groups excluding carboxylic acids is 3. The van der Waals surface area contributed by atoms with Crippen molar-refractivity contribution in [1.82, 2.24) is 5.32 Å². The summed E-state index contributed by atoms with van der Waals surface area (Å²) in [5, 5.41) is 13.2. The molecule has 1 fully saturated rings. The number of amides is 4. The third kappa shape index (κ3) is 5.51. The zero-order valence-electron chi connectivity index (χ0n) is 19.7. The molecule has 0 spiro atoms. The fourth-order valence-electron chi connectivity index (χ4n) is 3.64. The van der Waals surface area contributed by atoms with Crippen LogP contribution in [0.1, 0.15) is 16.7 Å². The minimum absolute atomic E-state index is 0.0451. The summed E-state index contributed by atoms with van der Waals surface area (Å²) in [5.74, 6) is -0.900. The van der Waals surface area contributed by atoms with E-state index in [1.165, 1.54) is 25.3 Å². The molecule has 10 nitrogen and oxygen atoms in total. The van der Waals surface area contributed by atoms with E-state index >= 15 is 0 Å². The van der Waals surface area contributed by atoms with Gasteiger partial charge in [-0.2, -0.15) is 0 Å². The number of halogens is 1. The van der Waals surface area contributed by atoms with E-state index in [1.54, 1.807) is 48.5 Å². The summed E-state index contributed by atoms with van der Waals surface area (Å²) in [4.78, 5) is 49.5. The van der Waals surface area contributed by atoms with Gasteiger partial charge in [-0.25, -0.2) is 9.69 Å². The molecule has 37 heavy (non-hydrogen) atoms. The molecule has 3 aromatic carbocycles. The molecule has 1 saturated heterocycles. The van der Waals surface area contributed by atoms with E-state index in [2.05, 4.69) is 21.2 Å². The lowest BCUT2D eigenvalue weighted by Gasteiger charge is -2.26. The normalized spacial score (nSPS) is 14.5. The summed E-state index contributed by atoms with van der Waals surface area (Å²) in [5.41, 5.74) is 1.91. The number of barbiturate groups is 1. The van der Waals surface area contributed by atoms with E-state index < -0.39 is 22.8 Å². The Bertz CT molecular complexity index is 1470. The number of nitro benzene ring substituents is 1. The Morgan fingerprint density at radius 3 is 2.54 bits per heavy atom. The molecule has 0 bridgehead atoms. The first kappa shape index (κ1) is 25.6. The number of hydrogen-bond acceptors (Lipinski definition) is 7.